The number of primary amides is 1. The number of allylic oxidation sites excluding steroid dienone is 1. The smallest absolute Gasteiger partial charge is 0.248 e. The molecule has 1 heterocycles. The maximum absolute atomic E-state index is 12.2. The van der Waals surface area contributed by atoms with Crippen LogP contribution in [-0.2, 0) is 11.3 Å². The first-order chi connectivity index (χ1) is 11.0. The van der Waals surface area contributed by atoms with E-state index in [0.717, 1.165) is 0 Å². The molecule has 7 nitrogen and oxygen atoms in total. The van der Waals surface area contributed by atoms with E-state index in [1.54, 1.807) is 43.6 Å². The van der Waals surface area contributed by atoms with Crippen molar-refractivity contribution in [3.8, 4) is 0 Å². The fourth-order valence-corrected chi connectivity index (χ4v) is 2.61. The monoisotopic (exact) mass is 331 g/mol. The standard InChI is InChI=1S/C15H17N5O2S/c1-3-8-20-9-17-19-15(20)23-10(2)14(22)18-12-6-4-11(5-7-12)13(16)21/h3-7,9-10H,1,8H2,2H3,(H2,16,21)(H,18,22). The lowest BCUT2D eigenvalue weighted by atomic mass is 10.2. The zero-order valence-corrected chi connectivity index (χ0v) is 13.4. The number of thioether (sulfide) groups is 1. The predicted octanol–water partition coefficient (Wildman–Crippen LogP) is 1.68. The number of hydrogen-bond acceptors (Lipinski definition) is 5. The van der Waals surface area contributed by atoms with Gasteiger partial charge in [0.15, 0.2) is 5.16 Å². The van der Waals surface area contributed by atoms with Gasteiger partial charge in [-0.15, -0.1) is 16.8 Å². The molecule has 0 saturated carbocycles. The first-order valence-corrected chi connectivity index (χ1v) is 7.75. The molecule has 0 aliphatic carbocycles. The molecule has 1 aromatic carbocycles. The summed E-state index contributed by atoms with van der Waals surface area (Å²) in [7, 11) is 0. The number of carbonyl (C=O) groups is 2. The van der Waals surface area contributed by atoms with Crippen molar-refractivity contribution in [1.29, 1.82) is 0 Å². The van der Waals surface area contributed by atoms with Gasteiger partial charge in [-0.2, -0.15) is 0 Å². The van der Waals surface area contributed by atoms with E-state index in [4.69, 9.17) is 5.73 Å². The lowest BCUT2D eigenvalue weighted by Gasteiger charge is -2.12. The third kappa shape index (κ3) is 4.43. The number of aromatic nitrogens is 3. The summed E-state index contributed by atoms with van der Waals surface area (Å²) in [6.07, 6.45) is 3.33. The van der Waals surface area contributed by atoms with E-state index in [0.29, 0.717) is 23.0 Å². The number of amides is 2. The van der Waals surface area contributed by atoms with Crippen molar-refractivity contribution in [2.24, 2.45) is 5.73 Å². The lowest BCUT2D eigenvalue weighted by Crippen LogP contribution is -2.23. The van der Waals surface area contributed by atoms with Gasteiger partial charge in [0, 0.05) is 17.8 Å². The van der Waals surface area contributed by atoms with Crippen LogP contribution in [0.4, 0.5) is 5.69 Å². The largest absolute Gasteiger partial charge is 0.366 e. The Morgan fingerprint density at radius 2 is 2.13 bits per heavy atom. The molecule has 0 fully saturated rings. The summed E-state index contributed by atoms with van der Waals surface area (Å²) in [5, 5.41) is 10.9. The van der Waals surface area contributed by atoms with Crippen LogP contribution in [0.25, 0.3) is 0 Å². The number of nitrogens with zero attached hydrogens (tertiary/aromatic N) is 3. The number of anilines is 1. The van der Waals surface area contributed by atoms with E-state index in [1.165, 1.54) is 11.8 Å². The SMILES string of the molecule is C=CCn1cnnc1SC(C)C(=O)Nc1ccc(C(N)=O)cc1. The van der Waals surface area contributed by atoms with Gasteiger partial charge in [0.2, 0.25) is 11.8 Å². The van der Waals surface area contributed by atoms with Crippen LogP contribution < -0.4 is 11.1 Å². The lowest BCUT2D eigenvalue weighted by molar-refractivity contribution is -0.115. The summed E-state index contributed by atoms with van der Waals surface area (Å²) in [6.45, 7) is 6.03. The second-order valence-corrected chi connectivity index (χ2v) is 6.05. The Bertz CT molecular complexity index is 711. The van der Waals surface area contributed by atoms with Crippen molar-refractivity contribution in [3.05, 3.63) is 48.8 Å². The molecule has 0 bridgehead atoms. The van der Waals surface area contributed by atoms with Crippen molar-refractivity contribution in [1.82, 2.24) is 14.8 Å². The third-order valence-electron chi connectivity index (χ3n) is 2.99. The number of rotatable bonds is 7. The summed E-state index contributed by atoms with van der Waals surface area (Å²) in [5.74, 6) is -0.677. The molecule has 2 amide bonds. The Labute approximate surface area is 138 Å². The average molecular weight is 331 g/mol. The van der Waals surface area contributed by atoms with Gasteiger partial charge in [-0.25, -0.2) is 0 Å². The molecule has 0 saturated heterocycles. The number of nitrogens with two attached hydrogens (primary N) is 1. The van der Waals surface area contributed by atoms with Crippen molar-refractivity contribution < 1.29 is 9.59 Å². The first-order valence-electron chi connectivity index (χ1n) is 6.87. The quantitative estimate of drug-likeness (QED) is 0.593. The van der Waals surface area contributed by atoms with E-state index in [1.807, 2.05) is 4.57 Å². The zero-order chi connectivity index (χ0) is 16.8. The first kappa shape index (κ1) is 16.8. The molecular formula is C15H17N5O2S. The summed E-state index contributed by atoms with van der Waals surface area (Å²) >= 11 is 1.31. The highest BCUT2D eigenvalue weighted by atomic mass is 32.2. The van der Waals surface area contributed by atoms with Gasteiger partial charge in [-0.3, -0.25) is 9.59 Å². The second-order valence-electron chi connectivity index (χ2n) is 4.75. The zero-order valence-electron chi connectivity index (χ0n) is 12.6. The Morgan fingerprint density at radius 1 is 1.43 bits per heavy atom. The number of benzene rings is 1. The molecule has 1 unspecified atom stereocenters. The van der Waals surface area contributed by atoms with E-state index in [2.05, 4.69) is 22.1 Å². The van der Waals surface area contributed by atoms with Crippen molar-refractivity contribution in [3.63, 3.8) is 0 Å². The minimum absolute atomic E-state index is 0.171. The van der Waals surface area contributed by atoms with Gasteiger partial charge in [-0.1, -0.05) is 17.8 Å². The molecule has 8 heteroatoms. The van der Waals surface area contributed by atoms with E-state index < -0.39 is 5.91 Å². The van der Waals surface area contributed by atoms with Crippen LogP contribution in [0.5, 0.6) is 0 Å². The maximum atomic E-state index is 12.2. The summed E-state index contributed by atoms with van der Waals surface area (Å²) in [5.41, 5.74) is 6.16. The van der Waals surface area contributed by atoms with Gasteiger partial charge in [0.25, 0.3) is 0 Å². The average Bonchev–Trinajstić information content (AvgIpc) is 2.95. The van der Waals surface area contributed by atoms with Crippen LogP contribution in [0.3, 0.4) is 0 Å². The molecular weight excluding hydrogens is 314 g/mol. The molecule has 0 radical (unpaired) electrons. The minimum Gasteiger partial charge on any atom is -0.366 e. The number of carbonyl (C=O) groups excluding carboxylic acids is 2. The molecule has 0 aliphatic rings. The fraction of sp³-hybridized carbons (Fsp3) is 0.200. The molecule has 1 aromatic heterocycles. The topological polar surface area (TPSA) is 103 Å². The number of nitrogens with one attached hydrogen (secondary N) is 1. The van der Waals surface area contributed by atoms with Crippen LogP contribution in [0.2, 0.25) is 0 Å². The van der Waals surface area contributed by atoms with Crippen LogP contribution in [0, 0.1) is 0 Å². The van der Waals surface area contributed by atoms with Crippen LogP contribution in [-0.4, -0.2) is 31.8 Å². The Kier molecular flexibility index (Phi) is 5.53. The molecule has 0 aliphatic heterocycles. The van der Waals surface area contributed by atoms with Gasteiger partial charge in [-0.05, 0) is 31.2 Å². The maximum Gasteiger partial charge on any atom is 0.248 e. The molecule has 1 atom stereocenters. The van der Waals surface area contributed by atoms with E-state index in [-0.39, 0.29) is 11.2 Å². The summed E-state index contributed by atoms with van der Waals surface area (Å²) in [6, 6.07) is 6.40. The van der Waals surface area contributed by atoms with Crippen LogP contribution in [0.15, 0.2) is 48.4 Å². The minimum atomic E-state index is -0.506. The van der Waals surface area contributed by atoms with Crippen molar-refractivity contribution in [2.75, 3.05) is 5.32 Å². The molecule has 0 spiro atoms. The number of hydrogen-bond donors (Lipinski definition) is 2. The van der Waals surface area contributed by atoms with E-state index in [9.17, 15) is 9.59 Å². The Morgan fingerprint density at radius 3 is 2.74 bits per heavy atom. The predicted molar refractivity (Wildman–Crippen MR) is 89.1 cm³/mol. The molecule has 2 rings (SSSR count). The molecule has 23 heavy (non-hydrogen) atoms. The van der Waals surface area contributed by atoms with Gasteiger partial charge < -0.3 is 15.6 Å². The highest BCUT2D eigenvalue weighted by molar-refractivity contribution is 8.00. The summed E-state index contributed by atoms with van der Waals surface area (Å²) < 4.78 is 1.81. The summed E-state index contributed by atoms with van der Waals surface area (Å²) in [4.78, 5) is 23.2. The van der Waals surface area contributed by atoms with Crippen LogP contribution >= 0.6 is 11.8 Å². The molecule has 3 N–H and O–H groups in total. The third-order valence-corrected chi connectivity index (χ3v) is 4.09. The molecule has 120 valence electrons. The van der Waals surface area contributed by atoms with Gasteiger partial charge in [0.1, 0.15) is 6.33 Å². The van der Waals surface area contributed by atoms with Gasteiger partial charge >= 0.3 is 0 Å². The van der Waals surface area contributed by atoms with Crippen molar-refractivity contribution in [2.45, 2.75) is 23.9 Å². The Balaban J connectivity index is 1.98. The normalized spacial score (nSPS) is 11.7. The Hall–Kier alpha value is -2.61. The van der Waals surface area contributed by atoms with Gasteiger partial charge in [0.05, 0.1) is 5.25 Å². The van der Waals surface area contributed by atoms with E-state index >= 15 is 0 Å². The van der Waals surface area contributed by atoms with Crippen LogP contribution in [0.1, 0.15) is 17.3 Å². The highest BCUT2D eigenvalue weighted by Gasteiger charge is 2.17. The molecule has 2 aromatic rings. The fourth-order valence-electron chi connectivity index (χ4n) is 1.77. The van der Waals surface area contributed by atoms with Crippen molar-refractivity contribution >= 4 is 29.3 Å². The second kappa shape index (κ2) is 7.59. The highest BCUT2D eigenvalue weighted by Crippen LogP contribution is 2.22.